The normalized spacial score (nSPS) is 12.3. The summed E-state index contributed by atoms with van der Waals surface area (Å²) in [6.45, 7) is 5.85. The van der Waals surface area contributed by atoms with Gasteiger partial charge in [-0.05, 0) is 37.1 Å². The van der Waals surface area contributed by atoms with Crippen LogP contribution in [0.3, 0.4) is 0 Å². The van der Waals surface area contributed by atoms with Gasteiger partial charge < -0.3 is 14.7 Å². The maximum absolute atomic E-state index is 11.8. The first-order valence-electron chi connectivity index (χ1n) is 7.77. The second-order valence-corrected chi connectivity index (χ2v) is 6.28. The molecule has 1 atom stereocenters. The predicted octanol–water partition coefficient (Wildman–Crippen LogP) is 3.03. The van der Waals surface area contributed by atoms with E-state index >= 15 is 0 Å². The van der Waals surface area contributed by atoms with Gasteiger partial charge in [-0.25, -0.2) is 0 Å². The molecule has 0 bridgehead atoms. The first kappa shape index (κ1) is 17.0. The number of rotatable bonds is 6. The van der Waals surface area contributed by atoms with Crippen LogP contribution in [-0.4, -0.2) is 30.1 Å². The summed E-state index contributed by atoms with van der Waals surface area (Å²) in [5.74, 6) is 1.24. The van der Waals surface area contributed by atoms with Crippen molar-refractivity contribution in [2.45, 2.75) is 33.2 Å². The molecule has 0 fully saturated rings. The van der Waals surface area contributed by atoms with E-state index in [2.05, 4.69) is 15.5 Å². The van der Waals surface area contributed by atoms with Gasteiger partial charge in [0.05, 0.1) is 0 Å². The molecule has 6 nitrogen and oxygen atoms in total. The van der Waals surface area contributed by atoms with Crippen LogP contribution in [0.5, 0.6) is 0 Å². The Morgan fingerprint density at radius 3 is 2.43 bits per heavy atom. The molecule has 1 unspecified atom stereocenters. The Bertz CT molecular complexity index is 647. The first-order valence-corrected chi connectivity index (χ1v) is 7.77. The topological polar surface area (TPSA) is 71.3 Å². The number of benzene rings is 1. The van der Waals surface area contributed by atoms with Gasteiger partial charge in [0.25, 0.3) is 0 Å². The first-order chi connectivity index (χ1) is 10.9. The molecule has 0 aliphatic rings. The number of hydrogen-bond donors (Lipinski definition) is 1. The Morgan fingerprint density at radius 2 is 1.87 bits per heavy atom. The molecule has 1 N–H and O–H groups in total. The van der Waals surface area contributed by atoms with E-state index in [1.807, 2.05) is 64.0 Å². The van der Waals surface area contributed by atoms with Crippen LogP contribution in [0.2, 0.25) is 0 Å². The van der Waals surface area contributed by atoms with E-state index in [9.17, 15) is 4.79 Å². The van der Waals surface area contributed by atoms with E-state index in [1.165, 1.54) is 0 Å². The number of nitrogens with one attached hydrogen (secondary N) is 1. The Morgan fingerprint density at radius 1 is 1.22 bits per heavy atom. The lowest BCUT2D eigenvalue weighted by Crippen LogP contribution is -2.27. The molecule has 0 saturated carbocycles. The second kappa shape index (κ2) is 7.26. The van der Waals surface area contributed by atoms with Gasteiger partial charge in [-0.3, -0.25) is 4.79 Å². The monoisotopic (exact) mass is 316 g/mol. The van der Waals surface area contributed by atoms with Crippen LogP contribution >= 0.6 is 0 Å². The molecule has 124 valence electrons. The van der Waals surface area contributed by atoms with E-state index < -0.39 is 0 Å². The minimum absolute atomic E-state index is 0.0115. The summed E-state index contributed by atoms with van der Waals surface area (Å²) in [5.41, 5.74) is 1.98. The van der Waals surface area contributed by atoms with Crippen molar-refractivity contribution < 1.29 is 9.32 Å². The van der Waals surface area contributed by atoms with Gasteiger partial charge in [-0.1, -0.05) is 19.0 Å². The lowest BCUT2D eigenvalue weighted by molar-refractivity contribution is -0.122. The van der Waals surface area contributed by atoms with Crippen molar-refractivity contribution >= 4 is 11.6 Å². The summed E-state index contributed by atoms with van der Waals surface area (Å²) in [6.07, 6.45) is 0.483. The maximum atomic E-state index is 11.8. The summed E-state index contributed by atoms with van der Waals surface area (Å²) in [7, 11) is 3.98. The fourth-order valence-corrected chi connectivity index (χ4v) is 2.17. The Kier molecular flexibility index (Phi) is 5.36. The highest BCUT2D eigenvalue weighted by Crippen LogP contribution is 2.21. The molecule has 0 spiro atoms. The lowest BCUT2D eigenvalue weighted by atomic mass is 10.1. The number of hydrogen-bond acceptors (Lipinski definition) is 5. The zero-order chi connectivity index (χ0) is 17.0. The summed E-state index contributed by atoms with van der Waals surface area (Å²) >= 11 is 0. The zero-order valence-electron chi connectivity index (χ0n) is 14.3. The van der Waals surface area contributed by atoms with E-state index in [1.54, 1.807) is 0 Å². The molecule has 2 rings (SSSR count). The maximum Gasteiger partial charge on any atom is 0.249 e. The molecular weight excluding hydrogens is 292 g/mol. The van der Waals surface area contributed by atoms with E-state index in [0.29, 0.717) is 24.1 Å². The summed E-state index contributed by atoms with van der Waals surface area (Å²) < 4.78 is 5.28. The van der Waals surface area contributed by atoms with Crippen molar-refractivity contribution in [1.29, 1.82) is 0 Å². The highest BCUT2D eigenvalue weighted by atomic mass is 16.5. The number of amides is 1. The van der Waals surface area contributed by atoms with Crippen molar-refractivity contribution in [2.24, 2.45) is 5.92 Å². The average Bonchev–Trinajstić information content (AvgIpc) is 2.96. The molecular formula is C17H24N4O2. The number of anilines is 1. The smallest absolute Gasteiger partial charge is 0.249 e. The molecule has 1 aromatic heterocycles. The largest absolute Gasteiger partial charge is 0.378 e. The Hall–Kier alpha value is -2.37. The fraction of sp³-hybridized carbons (Fsp3) is 0.471. The number of carbonyl (C=O) groups excluding carboxylic acids is 1. The summed E-state index contributed by atoms with van der Waals surface area (Å²) in [4.78, 5) is 18.2. The van der Waals surface area contributed by atoms with Crippen molar-refractivity contribution in [3.63, 3.8) is 0 Å². The van der Waals surface area contributed by atoms with Gasteiger partial charge in [0.15, 0.2) is 0 Å². The Balaban J connectivity index is 2.06. The van der Waals surface area contributed by atoms with E-state index in [-0.39, 0.29) is 11.9 Å². The molecule has 1 amide bonds. The quantitative estimate of drug-likeness (QED) is 0.887. The summed E-state index contributed by atoms with van der Waals surface area (Å²) in [6, 6.07) is 7.60. The van der Waals surface area contributed by atoms with Gasteiger partial charge in [-0.15, -0.1) is 0 Å². The highest BCUT2D eigenvalue weighted by molar-refractivity contribution is 5.76. The standard InChI is InChI=1S/C17H24N4O2/c1-11(2)10-15(22)18-12(3)17-19-16(20-23-17)13-6-8-14(9-7-13)21(4)5/h6-9,11-12H,10H2,1-5H3,(H,18,22). The molecule has 0 radical (unpaired) electrons. The third-order valence-electron chi connectivity index (χ3n) is 3.43. The molecule has 2 aromatic rings. The van der Waals surface area contributed by atoms with Gasteiger partial charge in [0.2, 0.25) is 17.6 Å². The van der Waals surface area contributed by atoms with Gasteiger partial charge in [-0.2, -0.15) is 4.98 Å². The van der Waals surface area contributed by atoms with Crippen LogP contribution in [0.25, 0.3) is 11.4 Å². The van der Waals surface area contributed by atoms with Crippen LogP contribution in [0, 0.1) is 5.92 Å². The molecule has 23 heavy (non-hydrogen) atoms. The predicted molar refractivity (Wildman–Crippen MR) is 90.1 cm³/mol. The van der Waals surface area contributed by atoms with Crippen molar-refractivity contribution in [1.82, 2.24) is 15.5 Å². The van der Waals surface area contributed by atoms with Crippen molar-refractivity contribution in [2.75, 3.05) is 19.0 Å². The lowest BCUT2D eigenvalue weighted by Gasteiger charge is -2.11. The molecule has 1 heterocycles. The highest BCUT2D eigenvalue weighted by Gasteiger charge is 2.17. The van der Waals surface area contributed by atoms with Gasteiger partial charge in [0.1, 0.15) is 6.04 Å². The minimum Gasteiger partial charge on any atom is -0.378 e. The van der Waals surface area contributed by atoms with Gasteiger partial charge in [0, 0.05) is 31.8 Å². The number of aromatic nitrogens is 2. The van der Waals surface area contributed by atoms with Crippen molar-refractivity contribution in [3.8, 4) is 11.4 Å². The number of nitrogens with zero attached hydrogens (tertiary/aromatic N) is 3. The summed E-state index contributed by atoms with van der Waals surface area (Å²) in [5, 5.41) is 6.87. The molecule has 1 aromatic carbocycles. The van der Waals surface area contributed by atoms with Crippen LogP contribution < -0.4 is 10.2 Å². The van der Waals surface area contributed by atoms with Gasteiger partial charge >= 0.3 is 0 Å². The number of carbonyl (C=O) groups is 1. The third-order valence-corrected chi connectivity index (χ3v) is 3.43. The minimum atomic E-state index is -0.302. The van der Waals surface area contributed by atoms with Crippen LogP contribution in [0.1, 0.15) is 39.1 Å². The second-order valence-electron chi connectivity index (χ2n) is 6.28. The zero-order valence-corrected chi connectivity index (χ0v) is 14.3. The van der Waals surface area contributed by atoms with E-state index in [4.69, 9.17) is 4.52 Å². The fourth-order valence-electron chi connectivity index (χ4n) is 2.17. The molecule has 0 saturated heterocycles. The third kappa shape index (κ3) is 4.55. The molecule has 0 aliphatic carbocycles. The van der Waals surface area contributed by atoms with E-state index in [0.717, 1.165) is 11.3 Å². The van der Waals surface area contributed by atoms with Crippen LogP contribution in [0.4, 0.5) is 5.69 Å². The molecule has 0 aliphatic heterocycles. The SMILES string of the molecule is CC(C)CC(=O)NC(C)c1nc(-c2ccc(N(C)C)cc2)no1. The average molecular weight is 316 g/mol. The van der Waals surface area contributed by atoms with Crippen molar-refractivity contribution in [3.05, 3.63) is 30.2 Å². The van der Waals surface area contributed by atoms with Crippen LogP contribution in [0.15, 0.2) is 28.8 Å². The molecule has 6 heteroatoms. The van der Waals surface area contributed by atoms with Crippen LogP contribution in [-0.2, 0) is 4.79 Å². The Labute approximate surface area is 136 Å².